The van der Waals surface area contributed by atoms with Gasteiger partial charge < -0.3 is 9.26 Å². The number of hydrogen-bond acceptors (Lipinski definition) is 5. The highest BCUT2D eigenvalue weighted by molar-refractivity contribution is 6.30. The molecule has 6 nitrogen and oxygen atoms in total. The number of ether oxygens (including phenoxy) is 1. The summed E-state index contributed by atoms with van der Waals surface area (Å²) in [5.74, 6) is -2.11. The number of benzene rings is 1. The van der Waals surface area contributed by atoms with Gasteiger partial charge in [-0.05, 0) is 24.1 Å². The van der Waals surface area contributed by atoms with Crippen molar-refractivity contribution in [3.05, 3.63) is 46.4 Å². The molecule has 1 N–H and O–H groups in total. The van der Waals surface area contributed by atoms with Crippen LogP contribution in [0.2, 0.25) is 5.02 Å². The number of carbonyl (C=O) groups excluding carboxylic acids is 2. The van der Waals surface area contributed by atoms with E-state index in [9.17, 15) is 14.0 Å². The Morgan fingerprint density at radius 3 is 2.78 bits per heavy atom. The molecule has 8 heteroatoms. The largest absolute Gasteiger partial charge is 0.452 e. The maximum atomic E-state index is 13.5. The van der Waals surface area contributed by atoms with Crippen LogP contribution in [0.3, 0.4) is 0 Å². The Hall–Kier alpha value is -2.41. The van der Waals surface area contributed by atoms with E-state index in [0.29, 0.717) is 5.69 Å². The standard InChI is InChI=1S/C15H14ClFN2O4/c1-8(2)12-6-14(23-19-12)18-13(20)7-22-15(21)10-5-9(16)3-4-11(10)17/h3-6,8H,7H2,1-2H3,(H,18,20). The predicted octanol–water partition coefficient (Wildman–Crippen LogP) is 3.39. The van der Waals surface area contributed by atoms with Crippen molar-refractivity contribution in [3.8, 4) is 0 Å². The van der Waals surface area contributed by atoms with Gasteiger partial charge in [0.25, 0.3) is 5.91 Å². The second-order valence-corrected chi connectivity index (χ2v) is 5.46. The smallest absolute Gasteiger partial charge is 0.341 e. The maximum absolute atomic E-state index is 13.5. The van der Waals surface area contributed by atoms with E-state index >= 15 is 0 Å². The molecule has 2 rings (SSSR count). The van der Waals surface area contributed by atoms with Crippen molar-refractivity contribution in [3.63, 3.8) is 0 Å². The summed E-state index contributed by atoms with van der Waals surface area (Å²) in [5, 5.41) is 6.34. The van der Waals surface area contributed by atoms with Crippen LogP contribution in [0.1, 0.15) is 35.8 Å². The minimum absolute atomic E-state index is 0.142. The van der Waals surface area contributed by atoms with Gasteiger partial charge in [-0.25, -0.2) is 9.18 Å². The Morgan fingerprint density at radius 1 is 1.39 bits per heavy atom. The molecule has 0 aliphatic rings. The summed E-state index contributed by atoms with van der Waals surface area (Å²) < 4.78 is 23.1. The molecule has 0 fully saturated rings. The van der Waals surface area contributed by atoms with Crippen molar-refractivity contribution in [1.82, 2.24) is 5.16 Å². The highest BCUT2D eigenvalue weighted by atomic mass is 35.5. The Bertz CT molecular complexity index is 730. The number of nitrogens with zero attached hydrogens (tertiary/aromatic N) is 1. The second kappa shape index (κ2) is 7.23. The van der Waals surface area contributed by atoms with E-state index in [2.05, 4.69) is 10.5 Å². The van der Waals surface area contributed by atoms with E-state index in [1.54, 1.807) is 6.07 Å². The first-order chi connectivity index (χ1) is 10.9. The van der Waals surface area contributed by atoms with E-state index in [1.807, 2.05) is 13.8 Å². The first kappa shape index (κ1) is 17.0. The van der Waals surface area contributed by atoms with Gasteiger partial charge >= 0.3 is 5.97 Å². The summed E-state index contributed by atoms with van der Waals surface area (Å²) in [4.78, 5) is 23.4. The number of hydrogen-bond donors (Lipinski definition) is 1. The van der Waals surface area contributed by atoms with Gasteiger partial charge in [0.05, 0.1) is 11.3 Å². The van der Waals surface area contributed by atoms with Gasteiger partial charge in [-0.3, -0.25) is 10.1 Å². The molecule has 122 valence electrons. The van der Waals surface area contributed by atoms with E-state index < -0.39 is 24.3 Å². The number of esters is 1. The minimum Gasteiger partial charge on any atom is -0.452 e. The third-order valence-corrected chi connectivity index (χ3v) is 3.10. The Balaban J connectivity index is 1.90. The van der Waals surface area contributed by atoms with Gasteiger partial charge in [-0.15, -0.1) is 0 Å². The highest BCUT2D eigenvalue weighted by Crippen LogP contribution is 2.18. The molecule has 2 aromatic rings. The van der Waals surface area contributed by atoms with Gasteiger partial charge in [0.1, 0.15) is 5.82 Å². The minimum atomic E-state index is -0.986. The second-order valence-electron chi connectivity index (χ2n) is 5.02. The van der Waals surface area contributed by atoms with E-state index in [1.165, 1.54) is 6.07 Å². The van der Waals surface area contributed by atoms with Crippen LogP contribution in [0.25, 0.3) is 0 Å². The van der Waals surface area contributed by atoms with Gasteiger partial charge in [-0.2, -0.15) is 0 Å². The molecule has 0 atom stereocenters. The van der Waals surface area contributed by atoms with Crippen molar-refractivity contribution in [2.75, 3.05) is 11.9 Å². The zero-order valence-electron chi connectivity index (χ0n) is 12.4. The van der Waals surface area contributed by atoms with Crippen molar-refractivity contribution in [2.45, 2.75) is 19.8 Å². The fourth-order valence-electron chi connectivity index (χ4n) is 1.66. The molecule has 23 heavy (non-hydrogen) atoms. The lowest BCUT2D eigenvalue weighted by molar-refractivity contribution is -0.119. The molecule has 1 amide bonds. The summed E-state index contributed by atoms with van der Waals surface area (Å²) >= 11 is 5.69. The first-order valence-electron chi connectivity index (χ1n) is 6.75. The summed E-state index contributed by atoms with van der Waals surface area (Å²) in [7, 11) is 0. The lowest BCUT2D eigenvalue weighted by Crippen LogP contribution is -2.21. The molecular formula is C15H14ClFN2O4. The summed E-state index contributed by atoms with van der Waals surface area (Å²) in [6.45, 7) is 3.25. The Morgan fingerprint density at radius 2 is 2.13 bits per heavy atom. The highest BCUT2D eigenvalue weighted by Gasteiger charge is 2.16. The van der Waals surface area contributed by atoms with E-state index in [-0.39, 0.29) is 22.4 Å². The quantitative estimate of drug-likeness (QED) is 0.844. The molecule has 0 aliphatic carbocycles. The average molecular weight is 341 g/mol. The lowest BCUT2D eigenvalue weighted by Gasteiger charge is -2.05. The number of carbonyl (C=O) groups is 2. The van der Waals surface area contributed by atoms with Gasteiger partial charge in [0, 0.05) is 11.1 Å². The number of amides is 1. The molecule has 0 spiro atoms. The maximum Gasteiger partial charge on any atom is 0.341 e. The molecule has 0 unspecified atom stereocenters. The molecule has 1 heterocycles. The zero-order valence-corrected chi connectivity index (χ0v) is 13.2. The van der Waals surface area contributed by atoms with Crippen molar-refractivity contribution < 1.29 is 23.2 Å². The average Bonchev–Trinajstić information content (AvgIpc) is 2.96. The Labute approximate surface area is 136 Å². The molecular weight excluding hydrogens is 327 g/mol. The van der Waals surface area contributed by atoms with Crippen LogP contribution in [-0.4, -0.2) is 23.6 Å². The topological polar surface area (TPSA) is 81.4 Å². The predicted molar refractivity (Wildman–Crippen MR) is 80.9 cm³/mol. The van der Waals surface area contributed by atoms with Crippen LogP contribution in [0.5, 0.6) is 0 Å². The van der Waals surface area contributed by atoms with Crippen LogP contribution in [0, 0.1) is 5.82 Å². The van der Waals surface area contributed by atoms with Gasteiger partial charge in [-0.1, -0.05) is 30.6 Å². The van der Waals surface area contributed by atoms with Gasteiger partial charge in [0.2, 0.25) is 5.88 Å². The fourth-order valence-corrected chi connectivity index (χ4v) is 1.83. The number of halogens is 2. The SMILES string of the molecule is CC(C)c1cc(NC(=O)COC(=O)c2cc(Cl)ccc2F)on1. The van der Waals surface area contributed by atoms with Crippen molar-refractivity contribution in [2.24, 2.45) is 0 Å². The monoisotopic (exact) mass is 340 g/mol. The summed E-state index contributed by atoms with van der Waals surface area (Å²) in [5.41, 5.74) is 0.338. The molecule has 1 aromatic heterocycles. The van der Waals surface area contributed by atoms with E-state index in [0.717, 1.165) is 12.1 Å². The first-order valence-corrected chi connectivity index (χ1v) is 7.13. The van der Waals surface area contributed by atoms with Crippen LogP contribution >= 0.6 is 11.6 Å². The van der Waals surface area contributed by atoms with Crippen LogP contribution in [-0.2, 0) is 9.53 Å². The normalized spacial score (nSPS) is 10.7. The molecule has 0 aliphatic heterocycles. The molecule has 0 saturated heterocycles. The third kappa shape index (κ3) is 4.53. The van der Waals surface area contributed by atoms with Crippen LogP contribution in [0.15, 0.2) is 28.8 Å². The Kier molecular flexibility index (Phi) is 5.33. The molecule has 0 bridgehead atoms. The number of nitrogens with one attached hydrogen (secondary N) is 1. The number of anilines is 1. The summed E-state index contributed by atoms with van der Waals surface area (Å²) in [6.07, 6.45) is 0. The number of aromatic nitrogens is 1. The molecule has 0 saturated carbocycles. The van der Waals surface area contributed by atoms with Crippen LogP contribution in [0.4, 0.5) is 10.3 Å². The van der Waals surface area contributed by atoms with Crippen molar-refractivity contribution >= 4 is 29.4 Å². The zero-order chi connectivity index (χ0) is 17.0. The fraction of sp³-hybridized carbons (Fsp3) is 0.267. The summed E-state index contributed by atoms with van der Waals surface area (Å²) in [6, 6.07) is 5.04. The van der Waals surface area contributed by atoms with Gasteiger partial charge in [0.15, 0.2) is 6.61 Å². The molecule has 1 aromatic carbocycles. The van der Waals surface area contributed by atoms with Crippen molar-refractivity contribution in [1.29, 1.82) is 0 Å². The number of rotatable bonds is 5. The lowest BCUT2D eigenvalue weighted by atomic mass is 10.1. The molecule has 0 radical (unpaired) electrons. The van der Waals surface area contributed by atoms with Crippen LogP contribution < -0.4 is 5.32 Å². The van der Waals surface area contributed by atoms with E-state index in [4.69, 9.17) is 20.9 Å². The third-order valence-electron chi connectivity index (χ3n) is 2.87.